The van der Waals surface area contributed by atoms with E-state index >= 15 is 0 Å². The van der Waals surface area contributed by atoms with Crippen LogP contribution in [0.5, 0.6) is 0 Å². The van der Waals surface area contributed by atoms with Gasteiger partial charge in [-0.1, -0.05) is 24.3 Å². The van der Waals surface area contributed by atoms with Crippen LogP contribution in [-0.2, 0) is 4.79 Å². The molecule has 0 unspecified atom stereocenters. The van der Waals surface area contributed by atoms with Crippen molar-refractivity contribution in [2.24, 2.45) is 0 Å². The van der Waals surface area contributed by atoms with Gasteiger partial charge in [0.2, 0.25) is 5.91 Å². The minimum atomic E-state index is -0.357. The fourth-order valence-electron chi connectivity index (χ4n) is 1.08. The number of rotatable bonds is 4. The molecule has 1 aromatic rings. The number of hydrogen-bond donors (Lipinski definition) is 1. The third kappa shape index (κ3) is 3.77. The van der Waals surface area contributed by atoms with E-state index in [4.69, 9.17) is 0 Å². The number of amides is 2. The molecule has 0 atom stereocenters. The van der Waals surface area contributed by atoms with Gasteiger partial charge >= 0.3 is 0 Å². The first-order valence-corrected chi connectivity index (χ1v) is 4.74. The second-order valence-corrected chi connectivity index (χ2v) is 3.07. The van der Waals surface area contributed by atoms with Crippen LogP contribution in [0.1, 0.15) is 23.2 Å². The molecule has 1 aromatic carbocycles. The summed E-state index contributed by atoms with van der Waals surface area (Å²) in [5.74, 6) is -0.631. The van der Waals surface area contributed by atoms with E-state index in [1.54, 1.807) is 30.3 Å². The van der Waals surface area contributed by atoms with Gasteiger partial charge in [-0.2, -0.15) is 0 Å². The maximum Gasteiger partial charge on any atom is 0.257 e. The van der Waals surface area contributed by atoms with Gasteiger partial charge < -0.3 is 0 Å². The summed E-state index contributed by atoms with van der Waals surface area (Å²) in [5, 5.41) is 2.31. The second kappa shape index (κ2) is 5.75. The summed E-state index contributed by atoms with van der Waals surface area (Å²) in [7, 11) is 0. The monoisotopic (exact) mass is 203 g/mol. The van der Waals surface area contributed by atoms with Crippen molar-refractivity contribution in [3.8, 4) is 0 Å². The predicted octanol–water partition coefficient (Wildman–Crippen LogP) is 1.91. The lowest BCUT2D eigenvalue weighted by Crippen LogP contribution is -2.29. The predicted molar refractivity (Wildman–Crippen MR) is 58.3 cm³/mol. The van der Waals surface area contributed by atoms with Crippen LogP contribution in [-0.4, -0.2) is 11.8 Å². The normalized spacial score (nSPS) is 9.33. The maximum absolute atomic E-state index is 11.5. The summed E-state index contributed by atoms with van der Waals surface area (Å²) in [5.41, 5.74) is 0.490. The van der Waals surface area contributed by atoms with Crippen molar-refractivity contribution in [2.75, 3.05) is 0 Å². The summed E-state index contributed by atoms with van der Waals surface area (Å²) in [6.07, 6.45) is 2.52. The van der Waals surface area contributed by atoms with E-state index in [1.165, 1.54) is 0 Å². The Morgan fingerprint density at radius 2 is 1.93 bits per heavy atom. The van der Waals surface area contributed by atoms with Gasteiger partial charge in [0.05, 0.1) is 0 Å². The van der Waals surface area contributed by atoms with Crippen LogP contribution in [0.15, 0.2) is 43.0 Å². The zero-order valence-corrected chi connectivity index (χ0v) is 8.40. The lowest BCUT2D eigenvalue weighted by Gasteiger charge is -2.02. The van der Waals surface area contributed by atoms with Crippen LogP contribution in [0, 0.1) is 0 Å². The van der Waals surface area contributed by atoms with Crippen LogP contribution in [0.4, 0.5) is 0 Å². The van der Waals surface area contributed by atoms with E-state index in [-0.39, 0.29) is 11.8 Å². The van der Waals surface area contributed by atoms with Crippen molar-refractivity contribution >= 4 is 11.8 Å². The van der Waals surface area contributed by atoms with Crippen LogP contribution in [0.3, 0.4) is 0 Å². The van der Waals surface area contributed by atoms with Crippen molar-refractivity contribution in [1.29, 1.82) is 0 Å². The molecule has 0 aliphatic rings. The van der Waals surface area contributed by atoms with Gasteiger partial charge in [-0.05, 0) is 18.6 Å². The number of benzene rings is 1. The smallest absolute Gasteiger partial charge is 0.257 e. The molecule has 3 heteroatoms. The van der Waals surface area contributed by atoms with Crippen LogP contribution in [0.2, 0.25) is 0 Å². The first-order chi connectivity index (χ1) is 7.24. The van der Waals surface area contributed by atoms with Gasteiger partial charge in [-0.15, -0.1) is 6.58 Å². The molecule has 15 heavy (non-hydrogen) atoms. The fourth-order valence-corrected chi connectivity index (χ4v) is 1.08. The summed E-state index contributed by atoms with van der Waals surface area (Å²) < 4.78 is 0. The largest absolute Gasteiger partial charge is 0.292 e. The fraction of sp³-hybridized carbons (Fsp3) is 0.167. The lowest BCUT2D eigenvalue weighted by atomic mass is 10.2. The molecular weight excluding hydrogens is 190 g/mol. The van der Waals surface area contributed by atoms with Gasteiger partial charge in [0.1, 0.15) is 0 Å². The molecule has 1 N–H and O–H groups in total. The zero-order valence-electron chi connectivity index (χ0n) is 8.40. The van der Waals surface area contributed by atoms with Crippen LogP contribution >= 0.6 is 0 Å². The highest BCUT2D eigenvalue weighted by atomic mass is 16.2. The van der Waals surface area contributed by atoms with E-state index < -0.39 is 0 Å². The SMILES string of the molecule is C=CCCC(=O)NC(=O)c1ccccc1. The van der Waals surface area contributed by atoms with Crippen LogP contribution < -0.4 is 5.32 Å². The minimum absolute atomic E-state index is 0.274. The molecule has 0 saturated heterocycles. The molecule has 1 rings (SSSR count). The highest BCUT2D eigenvalue weighted by Gasteiger charge is 2.08. The van der Waals surface area contributed by atoms with Gasteiger partial charge in [-0.3, -0.25) is 14.9 Å². The number of nitrogens with one attached hydrogen (secondary N) is 1. The first kappa shape index (κ1) is 11.2. The minimum Gasteiger partial charge on any atom is -0.292 e. The number of carbonyl (C=O) groups excluding carboxylic acids is 2. The Labute approximate surface area is 88.8 Å². The van der Waals surface area contributed by atoms with Crippen molar-refractivity contribution in [3.63, 3.8) is 0 Å². The number of carbonyl (C=O) groups is 2. The third-order valence-corrected chi connectivity index (χ3v) is 1.86. The Balaban J connectivity index is 2.49. The number of imide groups is 1. The molecule has 0 aliphatic heterocycles. The molecule has 0 aromatic heterocycles. The molecular formula is C12H13NO2. The van der Waals surface area contributed by atoms with E-state index in [1.807, 2.05) is 6.07 Å². The molecule has 0 spiro atoms. The van der Waals surface area contributed by atoms with Gasteiger partial charge in [0.15, 0.2) is 0 Å². The molecule has 2 amide bonds. The van der Waals surface area contributed by atoms with E-state index in [0.717, 1.165) is 0 Å². The van der Waals surface area contributed by atoms with Gasteiger partial charge in [0, 0.05) is 12.0 Å². The summed E-state index contributed by atoms with van der Waals surface area (Å²) in [6.45, 7) is 3.51. The standard InChI is InChI=1S/C12H13NO2/c1-2-3-9-11(14)13-12(15)10-7-5-4-6-8-10/h2,4-8H,1,3,9H2,(H,13,14,15). The Kier molecular flexibility index (Phi) is 4.29. The highest BCUT2D eigenvalue weighted by molar-refractivity contribution is 6.04. The zero-order chi connectivity index (χ0) is 11.1. The molecule has 78 valence electrons. The maximum atomic E-state index is 11.5. The average Bonchev–Trinajstić information content (AvgIpc) is 2.27. The quantitative estimate of drug-likeness (QED) is 0.760. The van der Waals surface area contributed by atoms with E-state index in [9.17, 15) is 9.59 Å². The highest BCUT2D eigenvalue weighted by Crippen LogP contribution is 1.98. The Hall–Kier alpha value is -1.90. The Morgan fingerprint density at radius 1 is 1.27 bits per heavy atom. The van der Waals surface area contributed by atoms with E-state index in [0.29, 0.717) is 18.4 Å². The summed E-state index contributed by atoms with van der Waals surface area (Å²) in [6, 6.07) is 8.65. The lowest BCUT2D eigenvalue weighted by molar-refractivity contribution is -0.120. The molecule has 3 nitrogen and oxygen atoms in total. The van der Waals surface area contributed by atoms with Gasteiger partial charge in [0.25, 0.3) is 5.91 Å². The number of allylic oxidation sites excluding steroid dienone is 1. The second-order valence-electron chi connectivity index (χ2n) is 3.07. The molecule has 0 heterocycles. The average molecular weight is 203 g/mol. The van der Waals surface area contributed by atoms with Crippen molar-refractivity contribution in [1.82, 2.24) is 5.32 Å². The first-order valence-electron chi connectivity index (χ1n) is 4.74. The molecule has 0 radical (unpaired) electrons. The summed E-state index contributed by atoms with van der Waals surface area (Å²) in [4.78, 5) is 22.7. The van der Waals surface area contributed by atoms with Crippen molar-refractivity contribution in [2.45, 2.75) is 12.8 Å². The van der Waals surface area contributed by atoms with Crippen LogP contribution in [0.25, 0.3) is 0 Å². The number of hydrogen-bond acceptors (Lipinski definition) is 2. The summed E-state index contributed by atoms with van der Waals surface area (Å²) >= 11 is 0. The van der Waals surface area contributed by atoms with Gasteiger partial charge in [-0.25, -0.2) is 0 Å². The molecule has 0 fully saturated rings. The molecule has 0 saturated carbocycles. The third-order valence-electron chi connectivity index (χ3n) is 1.86. The van der Waals surface area contributed by atoms with Crippen molar-refractivity contribution < 1.29 is 9.59 Å². The molecule has 0 bridgehead atoms. The topological polar surface area (TPSA) is 46.2 Å². The van der Waals surface area contributed by atoms with E-state index in [2.05, 4.69) is 11.9 Å². The Morgan fingerprint density at radius 3 is 2.53 bits per heavy atom. The molecule has 0 aliphatic carbocycles. The van der Waals surface area contributed by atoms with Crippen molar-refractivity contribution in [3.05, 3.63) is 48.6 Å². The Bertz CT molecular complexity index is 357.